The maximum Gasteiger partial charge on any atom is 0.240 e. The Labute approximate surface area is 290 Å². The summed E-state index contributed by atoms with van der Waals surface area (Å²) in [7, 11) is 4.60. The van der Waals surface area contributed by atoms with Crippen molar-refractivity contribution in [1.82, 2.24) is 10.3 Å². The predicted molar refractivity (Wildman–Crippen MR) is 188 cm³/mol. The number of carbonyl (C=O) groups is 3. The highest BCUT2D eigenvalue weighted by atomic mass is 33.1. The molecular weight excluding hydrogens is 675 g/mol. The normalized spacial score (nSPS) is 13.0. The molecular formula is C35H36F2N4O6S2. The Hall–Kier alpha value is -4.56. The maximum absolute atomic E-state index is 15.3. The van der Waals surface area contributed by atoms with E-state index in [1.807, 2.05) is 6.26 Å². The largest absolute Gasteiger partial charge is 0.493 e. The summed E-state index contributed by atoms with van der Waals surface area (Å²) in [5.74, 6) is -0.551. The second-order valence-corrected chi connectivity index (χ2v) is 13.8. The van der Waals surface area contributed by atoms with Gasteiger partial charge in [0.25, 0.3) is 0 Å². The first kappa shape index (κ1) is 35.7. The van der Waals surface area contributed by atoms with Gasteiger partial charge in [-0.1, -0.05) is 21.6 Å². The van der Waals surface area contributed by atoms with Crippen LogP contribution < -0.4 is 30.2 Å². The SMILES string of the molecule is COc1cc2c(Oc3ccc(NC(=O)C4(C(=O)Nc5ccc(F)cc5)CC4)cc3F)ccnc2cc1OCCCCCNC(=O)CSSC. The molecule has 1 saturated carbocycles. The number of anilines is 2. The fourth-order valence-electron chi connectivity index (χ4n) is 4.96. The molecule has 1 aliphatic rings. The van der Waals surface area contributed by atoms with E-state index in [2.05, 4.69) is 20.9 Å². The number of hydrogen-bond donors (Lipinski definition) is 3. The van der Waals surface area contributed by atoms with Gasteiger partial charge in [0.2, 0.25) is 17.7 Å². The lowest BCUT2D eigenvalue weighted by Crippen LogP contribution is -2.35. The number of hydrogen-bond acceptors (Lipinski definition) is 9. The van der Waals surface area contributed by atoms with Gasteiger partial charge in [0.05, 0.1) is 25.0 Å². The summed E-state index contributed by atoms with van der Waals surface area (Å²) in [5.41, 5.74) is -0.205. The van der Waals surface area contributed by atoms with E-state index in [4.69, 9.17) is 14.2 Å². The number of amides is 3. The van der Waals surface area contributed by atoms with Gasteiger partial charge in [0.15, 0.2) is 23.1 Å². The quantitative estimate of drug-likeness (QED) is 0.0586. The van der Waals surface area contributed by atoms with Crippen LogP contribution in [-0.4, -0.2) is 55.0 Å². The lowest BCUT2D eigenvalue weighted by atomic mass is 10.0. The molecule has 1 heterocycles. The highest BCUT2D eigenvalue weighted by Crippen LogP contribution is 2.47. The molecule has 0 unspecified atom stereocenters. The van der Waals surface area contributed by atoms with Crippen molar-refractivity contribution >= 4 is 61.6 Å². The van der Waals surface area contributed by atoms with Crippen molar-refractivity contribution < 1.29 is 37.4 Å². The number of ether oxygens (including phenoxy) is 3. The predicted octanol–water partition coefficient (Wildman–Crippen LogP) is 7.35. The minimum Gasteiger partial charge on any atom is -0.493 e. The highest BCUT2D eigenvalue weighted by molar-refractivity contribution is 8.76. The lowest BCUT2D eigenvalue weighted by Gasteiger charge is -2.16. The molecule has 0 spiro atoms. The van der Waals surface area contributed by atoms with Gasteiger partial charge in [-0.15, -0.1) is 0 Å². The summed E-state index contributed by atoms with van der Waals surface area (Å²) < 4.78 is 46.0. The molecule has 1 aliphatic carbocycles. The lowest BCUT2D eigenvalue weighted by molar-refractivity contribution is -0.131. The number of nitrogens with zero attached hydrogens (tertiary/aromatic N) is 1. The van der Waals surface area contributed by atoms with Crippen LogP contribution in [-0.2, 0) is 14.4 Å². The summed E-state index contributed by atoms with van der Waals surface area (Å²) in [6.07, 6.45) is 6.65. The Bertz CT molecular complexity index is 1810. The molecule has 1 aromatic heterocycles. The number of halogens is 2. The van der Waals surface area contributed by atoms with Crippen molar-refractivity contribution in [1.29, 1.82) is 0 Å². The summed E-state index contributed by atoms with van der Waals surface area (Å²) in [6.45, 7) is 1.07. The minimum absolute atomic E-state index is 0.0335. The van der Waals surface area contributed by atoms with Crippen LogP contribution in [0, 0.1) is 17.0 Å². The summed E-state index contributed by atoms with van der Waals surface area (Å²) >= 11 is 0. The number of pyridine rings is 1. The van der Waals surface area contributed by atoms with E-state index in [0.717, 1.165) is 25.3 Å². The number of fused-ring (bicyclic) bond motifs is 1. The van der Waals surface area contributed by atoms with Crippen molar-refractivity contribution in [2.45, 2.75) is 32.1 Å². The third kappa shape index (κ3) is 9.33. The van der Waals surface area contributed by atoms with Gasteiger partial charge in [0.1, 0.15) is 17.0 Å². The van der Waals surface area contributed by atoms with Crippen molar-refractivity contribution in [3.8, 4) is 23.0 Å². The average molecular weight is 711 g/mol. The average Bonchev–Trinajstić information content (AvgIpc) is 3.91. The summed E-state index contributed by atoms with van der Waals surface area (Å²) in [4.78, 5) is 42.0. The van der Waals surface area contributed by atoms with E-state index >= 15 is 4.39 Å². The molecule has 10 nitrogen and oxygen atoms in total. The highest BCUT2D eigenvalue weighted by Gasteiger charge is 2.56. The van der Waals surface area contributed by atoms with Crippen LogP contribution in [0.1, 0.15) is 32.1 Å². The van der Waals surface area contributed by atoms with Crippen LogP contribution in [0.2, 0.25) is 0 Å². The Morgan fingerprint density at radius 1 is 0.857 bits per heavy atom. The third-order valence-corrected chi connectivity index (χ3v) is 9.50. The van der Waals surface area contributed by atoms with Crippen LogP contribution >= 0.6 is 21.6 Å². The number of unbranched alkanes of at least 4 members (excludes halogenated alkanes) is 2. The Kier molecular flexibility index (Phi) is 12.2. The van der Waals surface area contributed by atoms with E-state index in [1.54, 1.807) is 35.2 Å². The van der Waals surface area contributed by atoms with Gasteiger partial charge in [-0.2, -0.15) is 0 Å². The molecule has 3 amide bonds. The molecule has 0 radical (unpaired) electrons. The fraction of sp³-hybridized carbons (Fsp3) is 0.314. The smallest absolute Gasteiger partial charge is 0.240 e. The summed E-state index contributed by atoms with van der Waals surface area (Å²) in [6, 6.07) is 14.3. The molecule has 3 N–H and O–H groups in total. The van der Waals surface area contributed by atoms with Crippen LogP contribution in [0.5, 0.6) is 23.0 Å². The molecule has 0 atom stereocenters. The zero-order valence-corrected chi connectivity index (χ0v) is 28.6. The van der Waals surface area contributed by atoms with E-state index in [0.29, 0.717) is 65.6 Å². The molecule has 0 aliphatic heterocycles. The molecule has 5 rings (SSSR count). The third-order valence-electron chi connectivity index (χ3n) is 7.83. The van der Waals surface area contributed by atoms with E-state index in [9.17, 15) is 18.8 Å². The van der Waals surface area contributed by atoms with Crippen LogP contribution in [0.15, 0.2) is 66.9 Å². The maximum atomic E-state index is 15.3. The molecule has 3 aromatic carbocycles. The number of rotatable bonds is 17. The van der Waals surface area contributed by atoms with Gasteiger partial charge in [-0.3, -0.25) is 19.4 Å². The van der Waals surface area contributed by atoms with Crippen molar-refractivity contribution in [3.63, 3.8) is 0 Å². The van der Waals surface area contributed by atoms with E-state index < -0.39 is 28.9 Å². The Morgan fingerprint density at radius 3 is 2.29 bits per heavy atom. The minimum atomic E-state index is -1.29. The zero-order valence-electron chi connectivity index (χ0n) is 27.0. The van der Waals surface area contributed by atoms with Crippen molar-refractivity contribution in [3.05, 3.63) is 78.5 Å². The summed E-state index contributed by atoms with van der Waals surface area (Å²) in [5, 5.41) is 8.75. The van der Waals surface area contributed by atoms with Crippen molar-refractivity contribution in [2.75, 3.05) is 42.9 Å². The molecule has 14 heteroatoms. The topological polar surface area (TPSA) is 128 Å². The molecule has 0 bridgehead atoms. The Balaban J connectivity index is 1.17. The van der Waals surface area contributed by atoms with Crippen molar-refractivity contribution in [2.24, 2.45) is 5.41 Å². The second-order valence-electron chi connectivity index (χ2n) is 11.3. The first-order valence-corrected chi connectivity index (χ1v) is 18.3. The fourth-order valence-corrected chi connectivity index (χ4v) is 5.97. The molecule has 1 fully saturated rings. The molecule has 4 aromatic rings. The van der Waals surface area contributed by atoms with Gasteiger partial charge in [-0.05, 0) is 86.9 Å². The van der Waals surface area contributed by atoms with Crippen LogP contribution in [0.25, 0.3) is 10.9 Å². The first-order chi connectivity index (χ1) is 23.7. The number of methoxy groups -OCH3 is 1. The number of nitrogens with one attached hydrogen (secondary N) is 3. The van der Waals surface area contributed by atoms with Gasteiger partial charge in [-0.25, -0.2) is 8.78 Å². The monoisotopic (exact) mass is 710 g/mol. The molecule has 49 heavy (non-hydrogen) atoms. The van der Waals surface area contributed by atoms with Gasteiger partial charge in [0, 0.05) is 41.6 Å². The number of aromatic nitrogens is 1. The molecule has 0 saturated heterocycles. The number of benzene rings is 3. The first-order valence-electron chi connectivity index (χ1n) is 15.6. The van der Waals surface area contributed by atoms with Gasteiger partial charge >= 0.3 is 0 Å². The van der Waals surface area contributed by atoms with Gasteiger partial charge < -0.3 is 30.2 Å². The van der Waals surface area contributed by atoms with Crippen LogP contribution in [0.4, 0.5) is 20.2 Å². The van der Waals surface area contributed by atoms with E-state index in [-0.39, 0.29) is 17.3 Å². The second kappa shape index (κ2) is 16.7. The number of carbonyl (C=O) groups excluding carboxylic acids is 3. The van der Waals surface area contributed by atoms with E-state index in [1.165, 1.54) is 54.3 Å². The standard InChI is InChI=1S/C35H36F2N4O6S2/c1-45-30-19-25-27(20-31(30)46-17-5-3-4-15-39-32(42)21-49-48-2)38-16-12-28(25)47-29-11-10-24(18-26(29)37)41-34(44)35(13-14-35)33(43)40-23-8-6-22(36)7-9-23/h6-12,16,18-20H,3-5,13-15,17,21H2,1-2H3,(H,39,42)(H,40,43)(H,41,44). The molecule has 258 valence electrons. The van der Waals surface area contributed by atoms with Crippen LogP contribution in [0.3, 0.4) is 0 Å². The zero-order chi connectivity index (χ0) is 34.8. The Morgan fingerprint density at radius 2 is 1.59 bits per heavy atom.